The second kappa shape index (κ2) is 5.94. The number of benzene rings is 1. The van der Waals surface area contributed by atoms with Gasteiger partial charge in [-0.25, -0.2) is 0 Å². The molecule has 0 fully saturated rings. The summed E-state index contributed by atoms with van der Waals surface area (Å²) < 4.78 is 5.53. The van der Waals surface area contributed by atoms with Gasteiger partial charge in [-0.3, -0.25) is 0 Å². The van der Waals surface area contributed by atoms with Gasteiger partial charge in [-0.05, 0) is 17.5 Å². The van der Waals surface area contributed by atoms with Crippen molar-refractivity contribution < 1.29 is 4.43 Å². The first kappa shape index (κ1) is 10.5. The molecule has 0 aromatic heterocycles. The lowest BCUT2D eigenvalue weighted by atomic mass is 10.2. The van der Waals surface area contributed by atoms with Crippen LogP contribution in [0.15, 0.2) is 30.3 Å². The number of rotatable bonds is 5. The first-order valence-corrected chi connectivity index (χ1v) is 5.69. The fourth-order valence-corrected chi connectivity index (χ4v) is 1.59. The molecule has 0 spiro atoms. The molecule has 1 rings (SSSR count). The molecule has 0 bridgehead atoms. The van der Waals surface area contributed by atoms with E-state index in [1.807, 2.05) is 6.07 Å². The topological polar surface area (TPSA) is 9.23 Å². The highest BCUT2D eigenvalue weighted by atomic mass is 28.2. The smallest absolute Gasteiger partial charge is 0.232 e. The molecule has 0 amide bonds. The number of hydrogen-bond donors (Lipinski definition) is 0. The molecule has 1 aromatic rings. The van der Waals surface area contributed by atoms with E-state index in [-0.39, 0.29) is 0 Å². The van der Waals surface area contributed by atoms with Crippen molar-refractivity contribution in [3.8, 4) is 0 Å². The van der Waals surface area contributed by atoms with Gasteiger partial charge < -0.3 is 4.43 Å². The maximum atomic E-state index is 5.53. The molecule has 1 aromatic carbocycles. The molecule has 13 heavy (non-hydrogen) atoms. The van der Waals surface area contributed by atoms with Crippen LogP contribution in [-0.4, -0.2) is 16.4 Å². The summed E-state index contributed by atoms with van der Waals surface area (Å²) in [6.07, 6.45) is 1.03. The fraction of sp³-hybridized carbons (Fsp3) is 0.455. The van der Waals surface area contributed by atoms with E-state index in [2.05, 4.69) is 38.1 Å². The predicted molar refractivity (Wildman–Crippen MR) is 57.0 cm³/mol. The normalized spacial score (nSPS) is 10.7. The van der Waals surface area contributed by atoms with Crippen LogP contribution in [0.1, 0.15) is 19.4 Å². The molecule has 70 valence electrons. The van der Waals surface area contributed by atoms with Crippen molar-refractivity contribution in [1.29, 1.82) is 0 Å². The second-order valence-electron chi connectivity index (χ2n) is 3.36. The first-order chi connectivity index (χ1) is 6.29. The fourth-order valence-electron chi connectivity index (χ4n) is 1.04. The Kier molecular flexibility index (Phi) is 4.79. The molecule has 0 N–H and O–H groups in total. The van der Waals surface area contributed by atoms with Crippen molar-refractivity contribution in [2.45, 2.75) is 25.8 Å². The maximum absolute atomic E-state index is 5.53. The summed E-state index contributed by atoms with van der Waals surface area (Å²) in [5.74, 6) is 0. The van der Waals surface area contributed by atoms with Crippen LogP contribution in [-0.2, 0) is 10.8 Å². The lowest BCUT2D eigenvalue weighted by Crippen LogP contribution is -2.05. The summed E-state index contributed by atoms with van der Waals surface area (Å²) in [6, 6.07) is 10.5. The second-order valence-corrected chi connectivity index (χ2v) is 5.04. The third-order valence-electron chi connectivity index (χ3n) is 1.65. The highest BCUT2D eigenvalue weighted by Gasteiger charge is 1.97. The maximum Gasteiger partial charge on any atom is 0.232 e. The van der Waals surface area contributed by atoms with E-state index >= 15 is 0 Å². The van der Waals surface area contributed by atoms with Gasteiger partial charge in [0.2, 0.25) is 9.76 Å². The summed E-state index contributed by atoms with van der Waals surface area (Å²) in [5, 5.41) is 0. The van der Waals surface area contributed by atoms with Crippen molar-refractivity contribution in [1.82, 2.24) is 0 Å². The van der Waals surface area contributed by atoms with Crippen LogP contribution in [0.25, 0.3) is 0 Å². The quantitative estimate of drug-likeness (QED) is 0.515. The molecule has 0 saturated heterocycles. The Hall–Kier alpha value is -0.603. The van der Waals surface area contributed by atoms with Gasteiger partial charge in [0, 0.05) is 6.61 Å². The molecule has 0 aliphatic rings. The van der Waals surface area contributed by atoms with Gasteiger partial charge in [-0.15, -0.1) is 0 Å². The van der Waals surface area contributed by atoms with E-state index in [1.54, 1.807) is 0 Å². The Balaban J connectivity index is 2.13. The van der Waals surface area contributed by atoms with E-state index in [0.29, 0.717) is 15.3 Å². The predicted octanol–water partition coefficient (Wildman–Crippen LogP) is 2.69. The highest BCUT2D eigenvalue weighted by Crippen LogP contribution is 2.01. The van der Waals surface area contributed by atoms with Gasteiger partial charge in [0.1, 0.15) is 0 Å². The van der Waals surface area contributed by atoms with E-state index in [0.717, 1.165) is 13.0 Å². The van der Waals surface area contributed by atoms with Crippen LogP contribution in [0, 0.1) is 0 Å². The molecular weight excluding hydrogens is 176 g/mol. The zero-order valence-corrected chi connectivity index (χ0v) is 9.29. The third kappa shape index (κ3) is 4.86. The van der Waals surface area contributed by atoms with Crippen molar-refractivity contribution in [3.63, 3.8) is 0 Å². The van der Waals surface area contributed by atoms with Crippen LogP contribution in [0.4, 0.5) is 0 Å². The molecule has 0 saturated carbocycles. The van der Waals surface area contributed by atoms with Crippen molar-refractivity contribution in [2.24, 2.45) is 0 Å². The van der Waals surface area contributed by atoms with Gasteiger partial charge in [0.15, 0.2) is 0 Å². The summed E-state index contributed by atoms with van der Waals surface area (Å²) in [6.45, 7) is 5.21. The largest absolute Gasteiger partial charge is 0.417 e. The third-order valence-corrected chi connectivity index (χ3v) is 2.50. The molecule has 2 heteroatoms. The van der Waals surface area contributed by atoms with Crippen LogP contribution in [0.5, 0.6) is 0 Å². The van der Waals surface area contributed by atoms with Crippen LogP contribution >= 0.6 is 0 Å². The Morgan fingerprint density at radius 2 is 1.92 bits per heavy atom. The van der Waals surface area contributed by atoms with E-state index in [1.165, 1.54) is 5.56 Å². The average molecular weight is 192 g/mol. The molecule has 0 aliphatic carbocycles. The summed E-state index contributed by atoms with van der Waals surface area (Å²) in [4.78, 5) is 0. The van der Waals surface area contributed by atoms with Gasteiger partial charge in [-0.1, -0.05) is 44.2 Å². The Labute approximate surface area is 83.1 Å². The highest BCUT2D eigenvalue weighted by molar-refractivity contribution is 6.29. The van der Waals surface area contributed by atoms with Crippen LogP contribution < -0.4 is 0 Å². The molecule has 2 radical (unpaired) electrons. The minimum absolute atomic E-state index is 0.640. The van der Waals surface area contributed by atoms with Gasteiger partial charge in [0.25, 0.3) is 0 Å². The van der Waals surface area contributed by atoms with Crippen molar-refractivity contribution in [2.75, 3.05) is 6.61 Å². The lowest BCUT2D eigenvalue weighted by Gasteiger charge is -2.04. The molecule has 0 aliphatic heterocycles. The first-order valence-electron chi connectivity index (χ1n) is 4.70. The zero-order chi connectivity index (χ0) is 9.52. The van der Waals surface area contributed by atoms with Gasteiger partial charge in [-0.2, -0.15) is 0 Å². The zero-order valence-electron chi connectivity index (χ0n) is 8.29. The Morgan fingerprint density at radius 1 is 1.23 bits per heavy atom. The molecule has 0 unspecified atom stereocenters. The average Bonchev–Trinajstić information content (AvgIpc) is 2.14. The van der Waals surface area contributed by atoms with Crippen LogP contribution in [0.3, 0.4) is 0 Å². The molecule has 0 atom stereocenters. The van der Waals surface area contributed by atoms with E-state index < -0.39 is 0 Å². The minimum atomic E-state index is 0.640. The van der Waals surface area contributed by atoms with Crippen molar-refractivity contribution in [3.05, 3.63) is 35.9 Å². The number of hydrogen-bond acceptors (Lipinski definition) is 1. The molecular formula is C11H16OSi. The molecule has 1 nitrogen and oxygen atoms in total. The van der Waals surface area contributed by atoms with Gasteiger partial charge >= 0.3 is 0 Å². The molecule has 0 heterocycles. The Morgan fingerprint density at radius 3 is 2.54 bits per heavy atom. The van der Waals surface area contributed by atoms with Gasteiger partial charge in [0.05, 0.1) is 0 Å². The van der Waals surface area contributed by atoms with E-state index in [9.17, 15) is 0 Å². The minimum Gasteiger partial charge on any atom is -0.417 e. The van der Waals surface area contributed by atoms with Crippen LogP contribution in [0.2, 0.25) is 5.54 Å². The SMILES string of the molecule is CC(C)[Si]OCCc1ccccc1. The van der Waals surface area contributed by atoms with E-state index in [4.69, 9.17) is 4.43 Å². The standard InChI is InChI=1S/C11H16OSi/c1-10(2)13-12-9-8-11-6-4-3-5-7-11/h3-7,10H,8-9H2,1-2H3. The monoisotopic (exact) mass is 192 g/mol. The summed E-state index contributed by atoms with van der Waals surface area (Å²) in [5.41, 5.74) is 2.02. The lowest BCUT2D eigenvalue weighted by molar-refractivity contribution is 0.335. The Bertz CT molecular complexity index is 221. The van der Waals surface area contributed by atoms with Crippen molar-refractivity contribution >= 4 is 9.76 Å². The summed E-state index contributed by atoms with van der Waals surface area (Å²) >= 11 is 0. The summed E-state index contributed by atoms with van der Waals surface area (Å²) in [7, 11) is 0.640.